The lowest BCUT2D eigenvalue weighted by atomic mass is 9.83. The van der Waals surface area contributed by atoms with Crippen molar-refractivity contribution >= 4 is 21.6 Å². The van der Waals surface area contributed by atoms with Gasteiger partial charge in [0.15, 0.2) is 0 Å². The second-order valence-corrected chi connectivity index (χ2v) is 8.47. The maximum Gasteiger partial charge on any atom is 0.406 e. The molecule has 0 saturated heterocycles. The van der Waals surface area contributed by atoms with E-state index in [1.807, 2.05) is 0 Å². The van der Waals surface area contributed by atoms with E-state index >= 15 is 0 Å². The van der Waals surface area contributed by atoms with Crippen LogP contribution in [0.1, 0.15) is 37.7 Å². The molecule has 0 aliphatic heterocycles. The SMILES string of the molecule is Cc1ccc(S(=O)(=O)NC(C(F)(F)F)C2(Cl)CCCCC2)cc1. The topological polar surface area (TPSA) is 46.2 Å². The quantitative estimate of drug-likeness (QED) is 0.810. The summed E-state index contributed by atoms with van der Waals surface area (Å²) in [4.78, 5) is -1.83. The van der Waals surface area contributed by atoms with Crippen molar-refractivity contribution in [2.45, 2.75) is 61.0 Å². The molecular formula is C15H19ClF3NO2S. The fourth-order valence-electron chi connectivity index (χ4n) is 2.83. The Morgan fingerprint density at radius 2 is 1.65 bits per heavy atom. The first-order valence-corrected chi connectivity index (χ1v) is 9.25. The Hall–Kier alpha value is -0.790. The second-order valence-electron chi connectivity index (χ2n) is 6.00. The Morgan fingerprint density at radius 1 is 1.13 bits per heavy atom. The molecule has 1 aromatic carbocycles. The van der Waals surface area contributed by atoms with Crippen molar-refractivity contribution in [3.63, 3.8) is 0 Å². The molecule has 1 N–H and O–H groups in total. The Labute approximate surface area is 139 Å². The number of benzene rings is 1. The zero-order chi connectivity index (χ0) is 17.3. The lowest BCUT2D eigenvalue weighted by molar-refractivity contribution is -0.161. The average Bonchev–Trinajstić information content (AvgIpc) is 2.45. The van der Waals surface area contributed by atoms with Crippen molar-refractivity contribution in [1.82, 2.24) is 4.72 Å². The van der Waals surface area contributed by atoms with Crippen molar-refractivity contribution in [3.05, 3.63) is 29.8 Å². The molecule has 1 fully saturated rings. The van der Waals surface area contributed by atoms with Gasteiger partial charge < -0.3 is 0 Å². The third-order valence-corrected chi connectivity index (χ3v) is 6.17. The minimum atomic E-state index is -4.75. The van der Waals surface area contributed by atoms with E-state index in [1.165, 1.54) is 24.3 Å². The summed E-state index contributed by atoms with van der Waals surface area (Å²) in [5.74, 6) is 0. The van der Waals surface area contributed by atoms with E-state index in [2.05, 4.69) is 0 Å². The minimum Gasteiger partial charge on any atom is -0.207 e. The van der Waals surface area contributed by atoms with Gasteiger partial charge in [-0.3, -0.25) is 0 Å². The Balaban J connectivity index is 2.32. The maximum atomic E-state index is 13.4. The van der Waals surface area contributed by atoms with Crippen molar-refractivity contribution < 1.29 is 21.6 Å². The molecule has 1 aliphatic carbocycles. The number of nitrogens with one attached hydrogen (secondary N) is 1. The molecule has 23 heavy (non-hydrogen) atoms. The largest absolute Gasteiger partial charge is 0.406 e. The van der Waals surface area contributed by atoms with E-state index in [4.69, 9.17) is 11.6 Å². The van der Waals surface area contributed by atoms with Gasteiger partial charge in [0, 0.05) is 0 Å². The van der Waals surface area contributed by atoms with Gasteiger partial charge in [-0.15, -0.1) is 11.6 Å². The van der Waals surface area contributed by atoms with Gasteiger partial charge >= 0.3 is 6.18 Å². The van der Waals surface area contributed by atoms with Gasteiger partial charge in [0.25, 0.3) is 0 Å². The van der Waals surface area contributed by atoms with Gasteiger partial charge in [0.2, 0.25) is 10.0 Å². The first kappa shape index (κ1) is 18.5. The number of halogens is 4. The van der Waals surface area contributed by atoms with Gasteiger partial charge in [-0.1, -0.05) is 37.0 Å². The molecule has 1 aliphatic rings. The van der Waals surface area contributed by atoms with Crippen molar-refractivity contribution in [3.8, 4) is 0 Å². The molecule has 0 spiro atoms. The zero-order valence-electron chi connectivity index (χ0n) is 12.7. The summed E-state index contributed by atoms with van der Waals surface area (Å²) in [5.41, 5.74) is 0.817. The molecule has 8 heteroatoms. The highest BCUT2D eigenvalue weighted by atomic mass is 35.5. The summed E-state index contributed by atoms with van der Waals surface area (Å²) in [5, 5.41) is 0. The van der Waals surface area contributed by atoms with E-state index in [0.717, 1.165) is 12.0 Å². The van der Waals surface area contributed by atoms with Crippen LogP contribution in [-0.2, 0) is 10.0 Å². The van der Waals surface area contributed by atoms with Crippen LogP contribution in [0.4, 0.5) is 13.2 Å². The van der Waals surface area contributed by atoms with Crippen LogP contribution in [-0.4, -0.2) is 25.5 Å². The minimum absolute atomic E-state index is 0.134. The van der Waals surface area contributed by atoms with E-state index in [1.54, 1.807) is 11.6 Å². The number of hydrogen-bond donors (Lipinski definition) is 1. The predicted molar refractivity (Wildman–Crippen MR) is 83.0 cm³/mol. The summed E-state index contributed by atoms with van der Waals surface area (Å²) < 4.78 is 66.8. The van der Waals surface area contributed by atoms with Crippen molar-refractivity contribution in [2.75, 3.05) is 0 Å². The van der Waals surface area contributed by atoms with Crippen molar-refractivity contribution in [1.29, 1.82) is 0 Å². The molecule has 3 nitrogen and oxygen atoms in total. The summed E-state index contributed by atoms with van der Waals surface area (Å²) in [6.45, 7) is 1.76. The zero-order valence-corrected chi connectivity index (χ0v) is 14.2. The Kier molecular flexibility index (Phi) is 5.33. The van der Waals surface area contributed by atoms with Gasteiger partial charge in [-0.2, -0.15) is 17.9 Å². The molecule has 1 atom stereocenters. The van der Waals surface area contributed by atoms with Crippen LogP contribution in [0.25, 0.3) is 0 Å². The lowest BCUT2D eigenvalue weighted by Crippen LogP contribution is -2.58. The van der Waals surface area contributed by atoms with Crippen LogP contribution in [0.2, 0.25) is 0 Å². The molecule has 0 heterocycles. The second kappa shape index (κ2) is 6.61. The predicted octanol–water partition coefficient (Wildman–Crippen LogP) is 4.15. The van der Waals surface area contributed by atoms with Crippen LogP contribution >= 0.6 is 11.6 Å². The summed E-state index contributed by atoms with van der Waals surface area (Å²) in [6, 6.07) is 3.34. The summed E-state index contributed by atoms with van der Waals surface area (Å²) in [7, 11) is -4.30. The highest BCUT2D eigenvalue weighted by molar-refractivity contribution is 7.89. The van der Waals surface area contributed by atoms with Crippen LogP contribution < -0.4 is 4.72 Å². The third-order valence-electron chi connectivity index (χ3n) is 4.13. The molecule has 1 aromatic rings. The monoisotopic (exact) mass is 369 g/mol. The molecule has 0 bridgehead atoms. The molecule has 0 aromatic heterocycles. The average molecular weight is 370 g/mol. The normalized spacial score (nSPS) is 20.2. The van der Waals surface area contributed by atoms with E-state index in [-0.39, 0.29) is 17.7 Å². The van der Waals surface area contributed by atoms with Gasteiger partial charge in [-0.25, -0.2) is 8.42 Å². The van der Waals surface area contributed by atoms with E-state index in [0.29, 0.717) is 12.8 Å². The van der Waals surface area contributed by atoms with Gasteiger partial charge in [0.1, 0.15) is 6.04 Å². The number of sulfonamides is 1. The molecular weight excluding hydrogens is 351 g/mol. The standard InChI is InChI=1S/C15H19ClF3NO2S/c1-11-5-7-12(8-6-11)23(21,22)20-13(15(17,18)19)14(16)9-3-2-4-10-14/h5-8,13,20H,2-4,9-10H2,1H3. The van der Waals surface area contributed by atoms with Gasteiger partial charge in [0.05, 0.1) is 9.77 Å². The van der Waals surface area contributed by atoms with Crippen LogP contribution in [0, 0.1) is 6.92 Å². The molecule has 130 valence electrons. The molecule has 1 saturated carbocycles. The molecule has 2 rings (SSSR count). The van der Waals surface area contributed by atoms with Crippen LogP contribution in [0.15, 0.2) is 29.2 Å². The Bertz CT molecular complexity index is 638. The summed E-state index contributed by atoms with van der Waals surface area (Å²) >= 11 is 6.20. The number of alkyl halides is 4. The number of rotatable bonds is 4. The number of aryl methyl sites for hydroxylation is 1. The smallest absolute Gasteiger partial charge is 0.207 e. The number of hydrogen-bond acceptors (Lipinski definition) is 2. The van der Waals surface area contributed by atoms with E-state index < -0.39 is 27.1 Å². The van der Waals surface area contributed by atoms with E-state index in [9.17, 15) is 21.6 Å². The lowest BCUT2D eigenvalue weighted by Gasteiger charge is -2.39. The fraction of sp³-hybridized carbons (Fsp3) is 0.600. The van der Waals surface area contributed by atoms with Crippen LogP contribution in [0.3, 0.4) is 0 Å². The van der Waals surface area contributed by atoms with Crippen LogP contribution in [0.5, 0.6) is 0 Å². The first-order valence-electron chi connectivity index (χ1n) is 7.39. The Morgan fingerprint density at radius 3 is 2.13 bits per heavy atom. The highest BCUT2D eigenvalue weighted by Crippen LogP contribution is 2.43. The maximum absolute atomic E-state index is 13.4. The third kappa shape index (κ3) is 4.39. The van der Waals surface area contributed by atoms with Gasteiger partial charge in [-0.05, 0) is 31.9 Å². The highest BCUT2D eigenvalue weighted by Gasteiger charge is 2.54. The van der Waals surface area contributed by atoms with Crippen molar-refractivity contribution in [2.24, 2.45) is 0 Å². The first-order chi connectivity index (χ1) is 10.5. The molecule has 1 unspecified atom stereocenters. The molecule has 0 radical (unpaired) electrons. The summed E-state index contributed by atoms with van der Waals surface area (Å²) in [6.07, 6.45) is -2.56. The molecule has 0 amide bonds. The fourth-order valence-corrected chi connectivity index (χ4v) is 4.64.